The van der Waals surface area contributed by atoms with E-state index in [1.165, 1.54) is 57.8 Å². The summed E-state index contributed by atoms with van der Waals surface area (Å²) < 4.78 is 0. The molecule has 0 aliphatic heterocycles. The Balaban J connectivity index is 1.48. The van der Waals surface area contributed by atoms with Gasteiger partial charge in [0.15, 0.2) is 0 Å². The van der Waals surface area contributed by atoms with Crippen LogP contribution in [0.1, 0.15) is 77.0 Å². The zero-order valence-electron chi connectivity index (χ0n) is 12.9. The molecule has 2 nitrogen and oxygen atoms in total. The van der Waals surface area contributed by atoms with Crippen molar-refractivity contribution in [3.8, 4) is 0 Å². The van der Waals surface area contributed by atoms with Crippen LogP contribution in [0.2, 0.25) is 0 Å². The minimum Gasteiger partial charge on any atom is -0.271 e. The molecule has 2 heteroatoms. The minimum atomic E-state index is 0.584. The summed E-state index contributed by atoms with van der Waals surface area (Å²) in [5, 5.41) is 0. The third kappa shape index (κ3) is 2.33. The molecule has 0 radical (unpaired) electrons. The summed E-state index contributed by atoms with van der Waals surface area (Å²) >= 11 is 0. The van der Waals surface area contributed by atoms with Crippen molar-refractivity contribution < 1.29 is 0 Å². The zero-order valence-corrected chi connectivity index (χ0v) is 12.9. The number of nitrogens with two attached hydrogens (primary N) is 1. The van der Waals surface area contributed by atoms with Crippen molar-refractivity contribution in [3.63, 3.8) is 0 Å². The predicted octanol–water partition coefficient (Wildman–Crippen LogP) is 4.01. The van der Waals surface area contributed by atoms with E-state index in [4.69, 9.17) is 5.84 Å². The first-order valence-corrected chi connectivity index (χ1v) is 9.23. The van der Waals surface area contributed by atoms with E-state index in [1.54, 1.807) is 19.3 Å². The second-order valence-corrected chi connectivity index (χ2v) is 8.74. The topological polar surface area (TPSA) is 38.0 Å². The summed E-state index contributed by atoms with van der Waals surface area (Å²) in [6, 6.07) is 0.610. The smallest absolute Gasteiger partial charge is 0.0269 e. The maximum atomic E-state index is 6.06. The molecular formula is C18H32N2. The molecule has 1 unspecified atom stereocenters. The molecule has 0 saturated heterocycles. The lowest BCUT2D eigenvalue weighted by Crippen LogP contribution is -2.57. The van der Waals surface area contributed by atoms with E-state index in [1.807, 2.05) is 0 Å². The van der Waals surface area contributed by atoms with Gasteiger partial charge in [0.2, 0.25) is 0 Å². The first kappa shape index (κ1) is 13.6. The van der Waals surface area contributed by atoms with Crippen LogP contribution in [0.5, 0.6) is 0 Å². The lowest BCUT2D eigenvalue weighted by molar-refractivity contribution is -0.0785. The van der Waals surface area contributed by atoms with E-state index in [0.29, 0.717) is 11.5 Å². The molecule has 0 aromatic heterocycles. The van der Waals surface area contributed by atoms with Gasteiger partial charge in [0.1, 0.15) is 0 Å². The third-order valence-corrected chi connectivity index (χ3v) is 7.32. The normalized spacial score (nSPS) is 45.8. The molecule has 5 aliphatic carbocycles. The Morgan fingerprint density at radius 1 is 0.900 bits per heavy atom. The maximum absolute atomic E-state index is 6.06. The molecule has 0 spiro atoms. The van der Waals surface area contributed by atoms with Crippen LogP contribution in [0.3, 0.4) is 0 Å². The summed E-state index contributed by atoms with van der Waals surface area (Å²) in [4.78, 5) is 0. The molecule has 0 heterocycles. The zero-order chi connectivity index (χ0) is 13.6. The molecule has 4 bridgehead atoms. The van der Waals surface area contributed by atoms with Crippen molar-refractivity contribution in [1.29, 1.82) is 0 Å². The Morgan fingerprint density at radius 2 is 1.45 bits per heavy atom. The van der Waals surface area contributed by atoms with Crippen LogP contribution in [0.4, 0.5) is 0 Å². The summed E-state index contributed by atoms with van der Waals surface area (Å²) in [5.74, 6) is 10.2. The van der Waals surface area contributed by atoms with Gasteiger partial charge in [-0.05, 0) is 74.0 Å². The molecule has 5 saturated carbocycles. The van der Waals surface area contributed by atoms with E-state index >= 15 is 0 Å². The largest absolute Gasteiger partial charge is 0.271 e. The second-order valence-electron chi connectivity index (χ2n) is 8.74. The molecule has 20 heavy (non-hydrogen) atoms. The lowest BCUT2D eigenvalue weighted by atomic mass is 9.47. The van der Waals surface area contributed by atoms with Crippen molar-refractivity contribution in [3.05, 3.63) is 0 Å². The summed E-state index contributed by atoms with van der Waals surface area (Å²) in [7, 11) is 0. The highest BCUT2D eigenvalue weighted by atomic mass is 15.2. The predicted molar refractivity (Wildman–Crippen MR) is 82.9 cm³/mol. The fraction of sp³-hybridized carbons (Fsp3) is 1.00. The number of nitrogens with one attached hydrogen (secondary N) is 1. The molecular weight excluding hydrogens is 244 g/mol. The second kappa shape index (κ2) is 5.28. The van der Waals surface area contributed by atoms with Crippen LogP contribution in [0.25, 0.3) is 0 Å². The standard InChI is InChI=1S/C18H32N2/c19-20-17(9-13-4-2-1-3-5-13)18-10-14-6-15(11-18)8-16(7-14)12-18/h13-17,20H,1-12,19H2. The van der Waals surface area contributed by atoms with E-state index < -0.39 is 0 Å². The van der Waals surface area contributed by atoms with Gasteiger partial charge < -0.3 is 0 Å². The van der Waals surface area contributed by atoms with Gasteiger partial charge in [-0.15, -0.1) is 0 Å². The van der Waals surface area contributed by atoms with Crippen molar-refractivity contribution >= 4 is 0 Å². The molecule has 0 aromatic carbocycles. The average Bonchev–Trinajstić information content (AvgIpc) is 2.44. The van der Waals surface area contributed by atoms with Crippen molar-refractivity contribution in [2.75, 3.05) is 0 Å². The van der Waals surface area contributed by atoms with Gasteiger partial charge in [0.05, 0.1) is 0 Å². The number of hydrazine groups is 1. The molecule has 1 atom stereocenters. The minimum absolute atomic E-state index is 0.584. The van der Waals surface area contributed by atoms with Crippen molar-refractivity contribution in [1.82, 2.24) is 5.43 Å². The van der Waals surface area contributed by atoms with Crippen LogP contribution in [-0.4, -0.2) is 6.04 Å². The molecule has 0 aromatic rings. The molecule has 5 aliphatic rings. The number of rotatable bonds is 4. The van der Waals surface area contributed by atoms with Crippen LogP contribution in [0.15, 0.2) is 0 Å². The SMILES string of the molecule is NNC(CC1CCCCC1)C12CC3CC(CC(C3)C1)C2. The van der Waals surface area contributed by atoms with Gasteiger partial charge in [0, 0.05) is 6.04 Å². The highest BCUT2D eigenvalue weighted by molar-refractivity contribution is 5.06. The van der Waals surface area contributed by atoms with Crippen LogP contribution in [-0.2, 0) is 0 Å². The van der Waals surface area contributed by atoms with Gasteiger partial charge in [-0.25, -0.2) is 0 Å². The highest BCUT2D eigenvalue weighted by Crippen LogP contribution is 2.61. The van der Waals surface area contributed by atoms with Crippen LogP contribution in [0, 0.1) is 29.1 Å². The van der Waals surface area contributed by atoms with Gasteiger partial charge in [0.25, 0.3) is 0 Å². The maximum Gasteiger partial charge on any atom is 0.0269 e. The molecule has 3 N–H and O–H groups in total. The van der Waals surface area contributed by atoms with Crippen molar-refractivity contribution in [2.24, 2.45) is 34.9 Å². The van der Waals surface area contributed by atoms with Crippen LogP contribution < -0.4 is 11.3 Å². The Morgan fingerprint density at radius 3 is 1.95 bits per heavy atom. The lowest BCUT2D eigenvalue weighted by Gasteiger charge is -2.59. The first-order chi connectivity index (χ1) is 9.77. The molecule has 114 valence electrons. The quantitative estimate of drug-likeness (QED) is 0.601. The Kier molecular flexibility index (Phi) is 3.58. The van der Waals surface area contributed by atoms with E-state index in [2.05, 4.69) is 5.43 Å². The molecule has 0 amide bonds. The summed E-state index contributed by atoms with van der Waals surface area (Å²) in [6.45, 7) is 0. The highest BCUT2D eigenvalue weighted by Gasteiger charge is 2.54. The number of hydrogen-bond donors (Lipinski definition) is 2. The fourth-order valence-electron chi connectivity index (χ4n) is 6.86. The van der Waals surface area contributed by atoms with E-state index in [0.717, 1.165) is 23.7 Å². The average molecular weight is 276 g/mol. The molecule has 5 fully saturated rings. The monoisotopic (exact) mass is 276 g/mol. The van der Waals surface area contributed by atoms with E-state index in [-0.39, 0.29) is 0 Å². The number of hydrogen-bond acceptors (Lipinski definition) is 2. The molecule has 5 rings (SSSR count). The van der Waals surface area contributed by atoms with Gasteiger partial charge in [-0.3, -0.25) is 11.3 Å². The summed E-state index contributed by atoms with van der Waals surface area (Å²) in [5.41, 5.74) is 3.89. The van der Waals surface area contributed by atoms with Crippen molar-refractivity contribution in [2.45, 2.75) is 83.1 Å². The third-order valence-electron chi connectivity index (χ3n) is 7.32. The Hall–Kier alpha value is -0.0800. The van der Waals surface area contributed by atoms with E-state index in [9.17, 15) is 0 Å². The first-order valence-electron chi connectivity index (χ1n) is 9.23. The van der Waals surface area contributed by atoms with Gasteiger partial charge in [-0.2, -0.15) is 0 Å². The fourth-order valence-corrected chi connectivity index (χ4v) is 6.86. The van der Waals surface area contributed by atoms with Gasteiger partial charge >= 0.3 is 0 Å². The van der Waals surface area contributed by atoms with Crippen LogP contribution >= 0.6 is 0 Å². The summed E-state index contributed by atoms with van der Waals surface area (Å²) in [6.07, 6.45) is 17.8. The Labute approximate surface area is 124 Å². The van der Waals surface area contributed by atoms with Gasteiger partial charge in [-0.1, -0.05) is 32.1 Å². The Bertz CT molecular complexity index is 310.